The van der Waals surface area contributed by atoms with Gasteiger partial charge in [0.05, 0.1) is 29.5 Å². The molecule has 2 aromatic heterocycles. The van der Waals surface area contributed by atoms with Gasteiger partial charge in [0.25, 0.3) is 5.56 Å². The molecule has 0 radical (unpaired) electrons. The fraction of sp³-hybridized carbons (Fsp3) is 0.241. The van der Waals surface area contributed by atoms with Crippen molar-refractivity contribution < 1.29 is 9.53 Å². The van der Waals surface area contributed by atoms with Gasteiger partial charge in [-0.2, -0.15) is 10.2 Å². The topological polar surface area (TPSA) is 102 Å². The van der Waals surface area contributed by atoms with Crippen molar-refractivity contribution in [1.82, 2.24) is 25.3 Å². The number of carbonyl (C=O) groups excluding carboxylic acids is 1. The highest BCUT2D eigenvalue weighted by Gasteiger charge is 2.19. The van der Waals surface area contributed by atoms with Crippen LogP contribution >= 0.6 is 0 Å². The zero-order valence-corrected chi connectivity index (χ0v) is 21.5. The number of hydrogen-bond acceptors (Lipinski definition) is 5. The molecule has 2 heterocycles. The van der Waals surface area contributed by atoms with Crippen LogP contribution < -0.4 is 10.9 Å². The lowest BCUT2D eigenvalue weighted by atomic mass is 9.93. The molecule has 0 aliphatic carbocycles. The number of nitrogens with one attached hydrogen (secondary N) is 2. The molecule has 0 aliphatic rings. The molecule has 8 nitrogen and oxygen atoms in total. The van der Waals surface area contributed by atoms with Gasteiger partial charge in [0.2, 0.25) is 0 Å². The van der Waals surface area contributed by atoms with Crippen molar-refractivity contribution in [2.24, 2.45) is 7.05 Å². The number of benzene rings is 3. The van der Waals surface area contributed by atoms with E-state index >= 15 is 0 Å². The predicted octanol–water partition coefficient (Wildman–Crippen LogP) is 5.48. The quantitative estimate of drug-likeness (QED) is 0.344. The van der Waals surface area contributed by atoms with E-state index in [1.54, 1.807) is 26.8 Å². The lowest BCUT2D eigenvalue weighted by Gasteiger charge is -2.19. The molecule has 5 aromatic rings. The first-order valence-electron chi connectivity index (χ1n) is 12.1. The van der Waals surface area contributed by atoms with Crippen LogP contribution in [0.15, 0.2) is 65.6 Å². The van der Waals surface area contributed by atoms with Crippen molar-refractivity contribution in [3.8, 4) is 22.4 Å². The Bertz CT molecular complexity index is 1710. The number of rotatable bonds is 4. The molecule has 0 atom stereocenters. The van der Waals surface area contributed by atoms with Gasteiger partial charge in [-0.15, -0.1) is 0 Å². The second-order valence-corrected chi connectivity index (χ2v) is 10.1. The summed E-state index contributed by atoms with van der Waals surface area (Å²) in [5.74, 6) is 0. The highest BCUT2D eigenvalue weighted by molar-refractivity contribution is 5.95. The smallest absolute Gasteiger partial charge is 0.407 e. The van der Waals surface area contributed by atoms with Crippen LogP contribution in [0.5, 0.6) is 0 Å². The highest BCUT2D eigenvalue weighted by atomic mass is 16.6. The van der Waals surface area contributed by atoms with E-state index in [1.807, 2.05) is 42.2 Å². The molecule has 8 heteroatoms. The van der Waals surface area contributed by atoms with Crippen LogP contribution in [-0.2, 0) is 18.3 Å². The molecule has 0 unspecified atom stereocenters. The molecule has 0 aliphatic heterocycles. The molecule has 0 spiro atoms. The number of aryl methyl sites for hydroxylation is 2. The summed E-state index contributed by atoms with van der Waals surface area (Å²) in [6.07, 6.45) is 1.29. The average Bonchev–Trinajstić information content (AvgIpc) is 3.24. The lowest BCUT2D eigenvalue weighted by molar-refractivity contribution is 0.0523. The number of amides is 1. The number of carbonyl (C=O) groups is 1. The maximum Gasteiger partial charge on any atom is 0.407 e. The highest BCUT2D eigenvalue weighted by Crippen LogP contribution is 2.37. The minimum Gasteiger partial charge on any atom is -0.444 e. The van der Waals surface area contributed by atoms with Crippen LogP contribution in [-0.4, -0.2) is 31.7 Å². The SMILES string of the molecule is Cc1c(-c2c(-c3ccc4c(=O)[nH]nc(CNC(=O)OC(C)(C)C)c4c3)cnn2C)ccc2ccccc12. The predicted molar refractivity (Wildman–Crippen MR) is 145 cm³/mol. The number of alkyl carbamates (subject to hydrolysis) is 1. The Labute approximate surface area is 214 Å². The van der Waals surface area contributed by atoms with Gasteiger partial charge in [0.1, 0.15) is 5.60 Å². The van der Waals surface area contributed by atoms with E-state index in [0.717, 1.165) is 22.4 Å². The molecule has 2 N–H and O–H groups in total. The van der Waals surface area contributed by atoms with Gasteiger partial charge < -0.3 is 10.1 Å². The molecule has 0 bridgehead atoms. The third kappa shape index (κ3) is 4.70. The number of fused-ring (bicyclic) bond motifs is 2. The number of ether oxygens (including phenoxy) is 1. The van der Waals surface area contributed by atoms with Gasteiger partial charge in [0.15, 0.2) is 0 Å². The Morgan fingerprint density at radius 3 is 2.59 bits per heavy atom. The molecule has 5 rings (SSSR count). The second-order valence-electron chi connectivity index (χ2n) is 10.1. The molecular formula is C29H29N5O3. The molecule has 0 saturated heterocycles. The van der Waals surface area contributed by atoms with E-state index in [-0.39, 0.29) is 12.1 Å². The average molecular weight is 496 g/mol. The standard InChI is InChI=1S/C29H29N5O3/c1-17-20-9-7-6-8-18(20)10-12-21(17)26-24(15-31-34(26)5)19-11-13-22-23(14-19)25(32-33-27(22)35)16-30-28(36)37-29(2,3)4/h6-15H,16H2,1-5H3,(H,30,36)(H,33,35). The van der Waals surface area contributed by atoms with Crippen LogP contribution in [0.3, 0.4) is 0 Å². The summed E-state index contributed by atoms with van der Waals surface area (Å²) in [6.45, 7) is 7.63. The summed E-state index contributed by atoms with van der Waals surface area (Å²) in [5, 5.41) is 17.6. The zero-order valence-electron chi connectivity index (χ0n) is 21.5. The summed E-state index contributed by atoms with van der Waals surface area (Å²) in [7, 11) is 1.93. The molecule has 37 heavy (non-hydrogen) atoms. The van der Waals surface area contributed by atoms with Crippen molar-refractivity contribution in [3.05, 3.63) is 82.4 Å². The van der Waals surface area contributed by atoms with Gasteiger partial charge in [-0.25, -0.2) is 9.89 Å². The maximum absolute atomic E-state index is 12.5. The molecule has 0 saturated carbocycles. The molecule has 188 valence electrons. The monoisotopic (exact) mass is 495 g/mol. The van der Waals surface area contributed by atoms with Crippen LogP contribution in [0.2, 0.25) is 0 Å². The van der Waals surface area contributed by atoms with Crippen molar-refractivity contribution >= 4 is 27.6 Å². The number of H-pyrrole nitrogens is 1. The zero-order chi connectivity index (χ0) is 26.3. The summed E-state index contributed by atoms with van der Waals surface area (Å²) >= 11 is 0. The summed E-state index contributed by atoms with van der Waals surface area (Å²) < 4.78 is 7.21. The molecular weight excluding hydrogens is 466 g/mol. The van der Waals surface area contributed by atoms with Gasteiger partial charge in [-0.05, 0) is 61.7 Å². The van der Waals surface area contributed by atoms with E-state index in [9.17, 15) is 9.59 Å². The third-order valence-corrected chi connectivity index (χ3v) is 6.37. The maximum atomic E-state index is 12.5. The molecule has 3 aromatic carbocycles. The third-order valence-electron chi connectivity index (χ3n) is 6.37. The van der Waals surface area contributed by atoms with Gasteiger partial charge in [-0.3, -0.25) is 9.48 Å². The number of hydrogen-bond donors (Lipinski definition) is 2. The Morgan fingerprint density at radius 1 is 1.03 bits per heavy atom. The van der Waals surface area contributed by atoms with E-state index in [1.165, 1.54) is 16.3 Å². The number of nitrogens with zero attached hydrogens (tertiary/aromatic N) is 3. The lowest BCUT2D eigenvalue weighted by Crippen LogP contribution is -2.32. The Morgan fingerprint density at radius 2 is 1.81 bits per heavy atom. The van der Waals surface area contributed by atoms with Crippen LogP contribution in [0.25, 0.3) is 43.9 Å². The van der Waals surface area contributed by atoms with E-state index < -0.39 is 11.7 Å². The van der Waals surface area contributed by atoms with Crippen LogP contribution in [0, 0.1) is 6.92 Å². The van der Waals surface area contributed by atoms with Gasteiger partial charge >= 0.3 is 6.09 Å². The van der Waals surface area contributed by atoms with Crippen LogP contribution in [0.1, 0.15) is 32.0 Å². The number of aromatic amines is 1. The van der Waals surface area contributed by atoms with Gasteiger partial charge in [-0.1, -0.05) is 42.5 Å². The van der Waals surface area contributed by atoms with Crippen LogP contribution in [0.4, 0.5) is 4.79 Å². The molecule has 0 fully saturated rings. The second kappa shape index (κ2) is 9.20. The minimum atomic E-state index is -0.616. The van der Waals surface area contributed by atoms with Crippen molar-refractivity contribution in [2.75, 3.05) is 0 Å². The van der Waals surface area contributed by atoms with Crippen molar-refractivity contribution in [3.63, 3.8) is 0 Å². The van der Waals surface area contributed by atoms with E-state index in [2.05, 4.69) is 51.8 Å². The summed E-state index contributed by atoms with van der Waals surface area (Å²) in [6, 6.07) is 18.2. The van der Waals surface area contributed by atoms with Gasteiger partial charge in [0, 0.05) is 23.6 Å². The first kappa shape index (κ1) is 24.2. The first-order valence-corrected chi connectivity index (χ1v) is 12.1. The van der Waals surface area contributed by atoms with Crippen molar-refractivity contribution in [2.45, 2.75) is 39.8 Å². The number of aromatic nitrogens is 4. The van der Waals surface area contributed by atoms with E-state index in [0.29, 0.717) is 16.5 Å². The fourth-order valence-electron chi connectivity index (χ4n) is 4.64. The normalized spacial score (nSPS) is 11.7. The Kier molecular flexibility index (Phi) is 6.03. The minimum absolute atomic E-state index is 0.106. The summed E-state index contributed by atoms with van der Waals surface area (Å²) in [5.41, 5.74) is 4.70. The summed E-state index contributed by atoms with van der Waals surface area (Å²) in [4.78, 5) is 24.7. The van der Waals surface area contributed by atoms with Crippen molar-refractivity contribution in [1.29, 1.82) is 0 Å². The Hall–Kier alpha value is -4.46. The first-order chi connectivity index (χ1) is 17.6. The largest absolute Gasteiger partial charge is 0.444 e. The van der Waals surface area contributed by atoms with E-state index in [4.69, 9.17) is 4.74 Å². The molecule has 1 amide bonds. The Balaban J connectivity index is 1.59. The fourth-order valence-corrected chi connectivity index (χ4v) is 4.64.